The maximum absolute atomic E-state index is 11.6. The van der Waals surface area contributed by atoms with Crippen molar-refractivity contribution in [3.8, 4) is 6.07 Å². The van der Waals surface area contributed by atoms with E-state index in [9.17, 15) is 4.21 Å². The highest BCUT2D eigenvalue weighted by Gasteiger charge is 2.08. The van der Waals surface area contributed by atoms with Crippen LogP contribution in [-0.2, 0) is 10.8 Å². The van der Waals surface area contributed by atoms with Gasteiger partial charge in [0.1, 0.15) is 5.03 Å². The van der Waals surface area contributed by atoms with E-state index in [-0.39, 0.29) is 0 Å². The van der Waals surface area contributed by atoms with Crippen molar-refractivity contribution in [3.63, 3.8) is 0 Å². The fourth-order valence-corrected chi connectivity index (χ4v) is 2.36. The SMILES string of the molecule is N#CCCCS(=O)c1ncccc1Cl. The first kappa shape index (κ1) is 11.2. The van der Waals surface area contributed by atoms with E-state index < -0.39 is 10.8 Å². The summed E-state index contributed by atoms with van der Waals surface area (Å²) in [7, 11) is -1.19. The zero-order valence-corrected chi connectivity index (χ0v) is 9.01. The number of pyridine rings is 1. The molecule has 0 fully saturated rings. The zero-order chi connectivity index (χ0) is 10.4. The number of nitriles is 1. The highest BCUT2D eigenvalue weighted by molar-refractivity contribution is 7.85. The van der Waals surface area contributed by atoms with E-state index in [0.717, 1.165) is 0 Å². The predicted molar refractivity (Wildman–Crippen MR) is 55.4 cm³/mol. The summed E-state index contributed by atoms with van der Waals surface area (Å²) in [6.07, 6.45) is 2.58. The molecule has 1 rings (SSSR count). The summed E-state index contributed by atoms with van der Waals surface area (Å²) in [5.41, 5.74) is 0. The molecule has 5 heteroatoms. The van der Waals surface area contributed by atoms with E-state index in [1.54, 1.807) is 18.3 Å². The van der Waals surface area contributed by atoms with E-state index >= 15 is 0 Å². The van der Waals surface area contributed by atoms with E-state index in [4.69, 9.17) is 16.9 Å². The van der Waals surface area contributed by atoms with Gasteiger partial charge in [-0.15, -0.1) is 0 Å². The molecule has 0 saturated carbocycles. The average molecular weight is 229 g/mol. The first-order chi connectivity index (χ1) is 6.75. The van der Waals surface area contributed by atoms with E-state index in [0.29, 0.717) is 28.6 Å². The zero-order valence-electron chi connectivity index (χ0n) is 7.44. The van der Waals surface area contributed by atoms with Crippen LogP contribution in [0.5, 0.6) is 0 Å². The molecule has 0 aliphatic rings. The molecule has 1 heterocycles. The Bertz CT molecular complexity index is 375. The molecule has 1 aromatic heterocycles. The first-order valence-electron chi connectivity index (χ1n) is 4.11. The van der Waals surface area contributed by atoms with Gasteiger partial charge in [-0.1, -0.05) is 11.6 Å². The lowest BCUT2D eigenvalue weighted by Crippen LogP contribution is -2.00. The van der Waals surface area contributed by atoms with Gasteiger partial charge in [-0.2, -0.15) is 5.26 Å². The Morgan fingerprint density at radius 3 is 3.07 bits per heavy atom. The number of unbranched alkanes of at least 4 members (excludes halogenated alkanes) is 1. The van der Waals surface area contributed by atoms with Crippen molar-refractivity contribution in [1.29, 1.82) is 5.26 Å². The number of nitrogens with zero attached hydrogens (tertiary/aromatic N) is 2. The lowest BCUT2D eigenvalue weighted by atomic mass is 10.4. The van der Waals surface area contributed by atoms with Crippen molar-refractivity contribution < 1.29 is 4.21 Å². The van der Waals surface area contributed by atoms with Gasteiger partial charge in [0.15, 0.2) is 0 Å². The molecule has 0 aromatic carbocycles. The largest absolute Gasteiger partial charge is 0.253 e. The van der Waals surface area contributed by atoms with E-state index in [1.807, 2.05) is 6.07 Å². The number of halogens is 1. The van der Waals surface area contributed by atoms with Gasteiger partial charge < -0.3 is 0 Å². The molecule has 0 aliphatic heterocycles. The normalized spacial score (nSPS) is 12.0. The smallest absolute Gasteiger partial charge is 0.145 e. The molecular weight excluding hydrogens is 220 g/mol. The number of hydrogen-bond acceptors (Lipinski definition) is 3. The molecule has 1 unspecified atom stereocenters. The fourth-order valence-electron chi connectivity index (χ4n) is 0.918. The second kappa shape index (κ2) is 5.74. The van der Waals surface area contributed by atoms with Crippen LogP contribution in [0, 0.1) is 11.3 Å². The third-order valence-electron chi connectivity index (χ3n) is 1.56. The van der Waals surface area contributed by atoms with E-state index in [2.05, 4.69) is 4.98 Å². The molecule has 0 N–H and O–H groups in total. The molecule has 14 heavy (non-hydrogen) atoms. The lowest BCUT2D eigenvalue weighted by Gasteiger charge is -2.00. The highest BCUT2D eigenvalue weighted by atomic mass is 35.5. The number of hydrogen-bond donors (Lipinski definition) is 0. The topological polar surface area (TPSA) is 53.8 Å². The monoisotopic (exact) mass is 228 g/mol. The van der Waals surface area contributed by atoms with Gasteiger partial charge in [0.2, 0.25) is 0 Å². The molecule has 0 bridgehead atoms. The van der Waals surface area contributed by atoms with Crippen LogP contribution >= 0.6 is 11.6 Å². The quantitative estimate of drug-likeness (QED) is 0.742. The van der Waals surface area contributed by atoms with Crippen LogP contribution < -0.4 is 0 Å². The molecule has 0 spiro atoms. The van der Waals surface area contributed by atoms with Crippen LogP contribution in [0.2, 0.25) is 5.02 Å². The molecule has 1 aromatic rings. The molecular formula is C9H9ClN2OS. The molecule has 1 atom stereocenters. The molecule has 0 amide bonds. The van der Waals surface area contributed by atoms with E-state index in [1.165, 1.54) is 0 Å². The van der Waals surface area contributed by atoms with Crippen molar-refractivity contribution in [2.45, 2.75) is 17.9 Å². The minimum absolute atomic E-state index is 0.409. The van der Waals surface area contributed by atoms with Gasteiger partial charge in [-0.3, -0.25) is 4.21 Å². The second-order valence-electron chi connectivity index (χ2n) is 2.60. The predicted octanol–water partition coefficient (Wildman–Crippen LogP) is 2.15. The van der Waals surface area contributed by atoms with Crippen LogP contribution in [-0.4, -0.2) is 14.9 Å². The summed E-state index contributed by atoms with van der Waals surface area (Å²) in [5.74, 6) is 0.435. The Morgan fingerprint density at radius 1 is 1.64 bits per heavy atom. The van der Waals surface area contributed by atoms with Crippen LogP contribution in [0.25, 0.3) is 0 Å². The van der Waals surface area contributed by atoms with Crippen LogP contribution in [0.15, 0.2) is 23.4 Å². The summed E-state index contributed by atoms with van der Waals surface area (Å²) < 4.78 is 11.6. The Kier molecular flexibility index (Phi) is 4.57. The van der Waals surface area contributed by atoms with Gasteiger partial charge in [-0.25, -0.2) is 4.98 Å². The van der Waals surface area contributed by atoms with Gasteiger partial charge in [0.25, 0.3) is 0 Å². The Hall–Kier alpha value is -0.920. The second-order valence-corrected chi connectivity index (χ2v) is 4.49. The minimum atomic E-state index is -1.19. The fraction of sp³-hybridized carbons (Fsp3) is 0.333. The Morgan fingerprint density at radius 2 is 2.43 bits per heavy atom. The number of aromatic nitrogens is 1. The van der Waals surface area contributed by atoms with Crippen molar-refractivity contribution in [3.05, 3.63) is 23.4 Å². The highest BCUT2D eigenvalue weighted by Crippen LogP contribution is 2.16. The molecule has 74 valence electrons. The first-order valence-corrected chi connectivity index (χ1v) is 5.81. The van der Waals surface area contributed by atoms with Crippen molar-refractivity contribution in [2.75, 3.05) is 5.75 Å². The third kappa shape index (κ3) is 3.09. The minimum Gasteiger partial charge on any atom is -0.253 e. The number of rotatable bonds is 4. The third-order valence-corrected chi connectivity index (χ3v) is 3.39. The maximum Gasteiger partial charge on any atom is 0.145 e. The standard InChI is InChI=1S/C9H9ClN2OS/c10-8-4-3-6-12-9(8)14(13)7-2-1-5-11/h3-4,6H,1-2,7H2. The van der Waals surface area contributed by atoms with Gasteiger partial charge in [0, 0.05) is 18.4 Å². The molecule has 0 aliphatic carbocycles. The van der Waals surface area contributed by atoms with Gasteiger partial charge in [-0.05, 0) is 18.6 Å². The van der Waals surface area contributed by atoms with Crippen LogP contribution in [0.4, 0.5) is 0 Å². The van der Waals surface area contributed by atoms with Gasteiger partial charge in [0.05, 0.1) is 21.9 Å². The molecule has 0 saturated heterocycles. The Balaban J connectivity index is 2.62. The van der Waals surface area contributed by atoms with Crippen LogP contribution in [0.1, 0.15) is 12.8 Å². The Labute approximate surface area is 90.2 Å². The van der Waals surface area contributed by atoms with Crippen molar-refractivity contribution in [2.24, 2.45) is 0 Å². The maximum atomic E-state index is 11.6. The van der Waals surface area contributed by atoms with Crippen molar-refractivity contribution >= 4 is 22.4 Å². The summed E-state index contributed by atoms with van der Waals surface area (Å²) in [6.45, 7) is 0. The summed E-state index contributed by atoms with van der Waals surface area (Å²) >= 11 is 5.81. The van der Waals surface area contributed by atoms with Gasteiger partial charge >= 0.3 is 0 Å². The summed E-state index contributed by atoms with van der Waals surface area (Å²) in [4.78, 5) is 3.94. The molecule has 0 radical (unpaired) electrons. The lowest BCUT2D eigenvalue weighted by molar-refractivity contribution is 0.678. The molecule has 3 nitrogen and oxygen atoms in total. The average Bonchev–Trinajstić information content (AvgIpc) is 2.18. The van der Waals surface area contributed by atoms with Crippen molar-refractivity contribution in [1.82, 2.24) is 4.98 Å². The summed E-state index contributed by atoms with van der Waals surface area (Å²) in [5, 5.41) is 9.14. The summed E-state index contributed by atoms with van der Waals surface area (Å²) in [6, 6.07) is 5.35. The van der Waals surface area contributed by atoms with Crippen LogP contribution in [0.3, 0.4) is 0 Å².